The van der Waals surface area contributed by atoms with E-state index in [1.165, 1.54) is 17.7 Å². The van der Waals surface area contributed by atoms with E-state index < -0.39 is 0 Å². The van der Waals surface area contributed by atoms with Crippen LogP contribution in [0.4, 0.5) is 5.69 Å². The van der Waals surface area contributed by atoms with E-state index in [0.717, 1.165) is 11.1 Å². The first-order valence-electron chi connectivity index (χ1n) is 8.89. The zero-order valence-corrected chi connectivity index (χ0v) is 17.3. The van der Waals surface area contributed by atoms with Gasteiger partial charge in [-0.25, -0.2) is 4.98 Å². The van der Waals surface area contributed by atoms with Crippen LogP contribution in [0.3, 0.4) is 0 Å². The van der Waals surface area contributed by atoms with Crippen molar-refractivity contribution in [1.82, 2.24) is 14.5 Å². The molecule has 1 N–H and O–H groups in total. The Hall–Kier alpha value is -3.03. The molecule has 0 aliphatic heterocycles. The van der Waals surface area contributed by atoms with Crippen LogP contribution in [0.1, 0.15) is 26.4 Å². The third kappa shape index (κ3) is 3.66. The largest absolute Gasteiger partial charge is 0.321 e. The van der Waals surface area contributed by atoms with Gasteiger partial charge in [0.25, 0.3) is 11.5 Å². The van der Waals surface area contributed by atoms with E-state index in [9.17, 15) is 9.59 Å². The Kier molecular flexibility index (Phi) is 5.17. The molecular formula is C21H17ClN4O2S. The van der Waals surface area contributed by atoms with Gasteiger partial charge in [-0.1, -0.05) is 17.7 Å². The summed E-state index contributed by atoms with van der Waals surface area (Å²) in [6, 6.07) is 9.04. The van der Waals surface area contributed by atoms with Crippen LogP contribution < -0.4 is 10.9 Å². The van der Waals surface area contributed by atoms with E-state index in [2.05, 4.69) is 15.3 Å². The molecule has 0 unspecified atom stereocenters. The van der Waals surface area contributed by atoms with Crippen LogP contribution in [0.15, 0.2) is 53.8 Å². The van der Waals surface area contributed by atoms with Crippen molar-refractivity contribution in [3.8, 4) is 0 Å². The molecule has 3 heterocycles. The van der Waals surface area contributed by atoms with Crippen LogP contribution in [0, 0.1) is 13.8 Å². The number of rotatable bonds is 4. The maximum absolute atomic E-state index is 13.0. The second-order valence-electron chi connectivity index (χ2n) is 6.64. The Balaban J connectivity index is 1.70. The van der Waals surface area contributed by atoms with Crippen LogP contribution in [-0.2, 0) is 6.54 Å². The average molecular weight is 425 g/mol. The highest BCUT2D eigenvalue weighted by Crippen LogP contribution is 2.29. The molecule has 0 radical (unpaired) electrons. The molecule has 0 atom stereocenters. The van der Waals surface area contributed by atoms with Crippen molar-refractivity contribution in [1.29, 1.82) is 0 Å². The molecule has 4 aromatic rings. The molecular weight excluding hydrogens is 408 g/mol. The van der Waals surface area contributed by atoms with Crippen LogP contribution in [0.5, 0.6) is 0 Å². The Morgan fingerprint density at radius 3 is 2.69 bits per heavy atom. The summed E-state index contributed by atoms with van der Waals surface area (Å²) >= 11 is 7.35. The average Bonchev–Trinajstić information content (AvgIpc) is 3.06. The minimum atomic E-state index is -0.282. The molecule has 0 saturated heterocycles. The van der Waals surface area contributed by atoms with Gasteiger partial charge in [-0.3, -0.25) is 19.1 Å². The minimum absolute atomic E-state index is 0.168. The minimum Gasteiger partial charge on any atom is -0.321 e. The summed E-state index contributed by atoms with van der Waals surface area (Å²) in [7, 11) is 0. The summed E-state index contributed by atoms with van der Waals surface area (Å²) < 4.78 is 1.54. The second-order valence-corrected chi connectivity index (χ2v) is 8.04. The molecule has 3 aromatic heterocycles. The smallest absolute Gasteiger partial charge is 0.266 e. The zero-order valence-electron chi connectivity index (χ0n) is 15.8. The van der Waals surface area contributed by atoms with Gasteiger partial charge in [0.05, 0.1) is 23.1 Å². The van der Waals surface area contributed by atoms with Crippen LogP contribution >= 0.6 is 22.9 Å². The van der Waals surface area contributed by atoms with Gasteiger partial charge in [0, 0.05) is 23.1 Å². The van der Waals surface area contributed by atoms with Gasteiger partial charge >= 0.3 is 0 Å². The maximum Gasteiger partial charge on any atom is 0.266 e. The topological polar surface area (TPSA) is 76.9 Å². The number of hydrogen-bond acceptors (Lipinski definition) is 5. The van der Waals surface area contributed by atoms with E-state index in [-0.39, 0.29) is 11.5 Å². The lowest BCUT2D eigenvalue weighted by Gasteiger charge is -2.09. The lowest BCUT2D eigenvalue weighted by Crippen LogP contribution is -2.21. The molecule has 0 fully saturated rings. The van der Waals surface area contributed by atoms with Gasteiger partial charge in [-0.2, -0.15) is 0 Å². The number of nitrogens with one attached hydrogen (secondary N) is 1. The third-order valence-electron chi connectivity index (χ3n) is 4.74. The number of hydrogen-bond donors (Lipinski definition) is 1. The van der Waals surface area contributed by atoms with Crippen molar-refractivity contribution in [2.45, 2.75) is 20.4 Å². The summed E-state index contributed by atoms with van der Waals surface area (Å²) in [5.74, 6) is -0.282. The van der Waals surface area contributed by atoms with Crippen molar-refractivity contribution in [3.63, 3.8) is 0 Å². The standard InChI is InChI=1S/C21H17ClN4O2S/c1-12-15(22)4-3-5-16(12)25-19(27)18-13(2)17-20(29-18)24-11-26(21(17)28)10-14-6-8-23-9-7-14/h3-9,11H,10H2,1-2H3,(H,25,27). The van der Waals surface area contributed by atoms with E-state index in [4.69, 9.17) is 11.6 Å². The molecule has 146 valence electrons. The molecule has 8 heteroatoms. The van der Waals surface area contributed by atoms with E-state index in [1.807, 2.05) is 19.1 Å². The summed E-state index contributed by atoms with van der Waals surface area (Å²) in [6.45, 7) is 4.01. The summed E-state index contributed by atoms with van der Waals surface area (Å²) in [5.41, 5.74) is 2.84. The number of halogens is 1. The molecule has 0 saturated carbocycles. The summed E-state index contributed by atoms with van der Waals surface area (Å²) in [5, 5.41) is 3.94. The van der Waals surface area contributed by atoms with Gasteiger partial charge in [0.2, 0.25) is 0 Å². The van der Waals surface area contributed by atoms with E-state index in [0.29, 0.717) is 37.9 Å². The summed E-state index contributed by atoms with van der Waals surface area (Å²) in [6.07, 6.45) is 4.88. The van der Waals surface area contributed by atoms with Gasteiger partial charge in [-0.15, -0.1) is 11.3 Å². The number of nitrogens with zero attached hydrogens (tertiary/aromatic N) is 3. The van der Waals surface area contributed by atoms with Crippen molar-refractivity contribution in [2.24, 2.45) is 0 Å². The number of benzene rings is 1. The Morgan fingerprint density at radius 1 is 1.17 bits per heavy atom. The number of aryl methyl sites for hydroxylation is 1. The lowest BCUT2D eigenvalue weighted by atomic mass is 10.1. The van der Waals surface area contributed by atoms with E-state index >= 15 is 0 Å². The number of thiophene rings is 1. The van der Waals surface area contributed by atoms with Crippen LogP contribution in [0.2, 0.25) is 5.02 Å². The molecule has 4 rings (SSSR count). The highest BCUT2D eigenvalue weighted by atomic mass is 35.5. The van der Waals surface area contributed by atoms with E-state index in [1.54, 1.807) is 42.1 Å². The monoisotopic (exact) mass is 424 g/mol. The normalized spacial score (nSPS) is 11.0. The van der Waals surface area contributed by atoms with Crippen LogP contribution in [-0.4, -0.2) is 20.4 Å². The number of carbonyl (C=O) groups is 1. The third-order valence-corrected chi connectivity index (χ3v) is 6.35. The summed E-state index contributed by atoms with van der Waals surface area (Å²) in [4.78, 5) is 35.3. The molecule has 1 aromatic carbocycles. The van der Waals surface area contributed by atoms with Gasteiger partial charge in [0.1, 0.15) is 4.83 Å². The number of carbonyl (C=O) groups excluding carboxylic acids is 1. The van der Waals surface area contributed by atoms with Crippen molar-refractivity contribution >= 4 is 44.7 Å². The van der Waals surface area contributed by atoms with Gasteiger partial charge < -0.3 is 5.32 Å². The van der Waals surface area contributed by atoms with Crippen LogP contribution in [0.25, 0.3) is 10.2 Å². The molecule has 0 bridgehead atoms. The Bertz CT molecular complexity index is 1280. The highest BCUT2D eigenvalue weighted by molar-refractivity contribution is 7.20. The predicted octanol–water partition coefficient (Wildman–Crippen LogP) is 4.42. The van der Waals surface area contributed by atoms with Crippen molar-refractivity contribution in [2.75, 3.05) is 5.32 Å². The fourth-order valence-corrected chi connectivity index (χ4v) is 4.30. The number of anilines is 1. The van der Waals surface area contributed by atoms with Gasteiger partial charge in [0.15, 0.2) is 0 Å². The SMILES string of the molecule is Cc1c(Cl)cccc1NC(=O)c1sc2ncn(Cc3ccncc3)c(=O)c2c1C. The first-order chi connectivity index (χ1) is 14.0. The van der Waals surface area contributed by atoms with Gasteiger partial charge in [-0.05, 0) is 54.8 Å². The van der Waals surface area contributed by atoms with Crippen molar-refractivity contribution < 1.29 is 4.79 Å². The Morgan fingerprint density at radius 2 is 1.93 bits per heavy atom. The number of fused-ring (bicyclic) bond motifs is 1. The number of amides is 1. The number of pyridine rings is 1. The predicted molar refractivity (Wildman–Crippen MR) is 116 cm³/mol. The lowest BCUT2D eigenvalue weighted by molar-refractivity contribution is 0.103. The zero-order chi connectivity index (χ0) is 20.5. The molecule has 0 aliphatic carbocycles. The Labute approximate surface area is 175 Å². The fourth-order valence-electron chi connectivity index (χ4n) is 3.10. The fraction of sp³-hybridized carbons (Fsp3) is 0.143. The van der Waals surface area contributed by atoms with Crippen molar-refractivity contribution in [3.05, 3.63) is 86.0 Å². The molecule has 6 nitrogen and oxygen atoms in total. The molecule has 29 heavy (non-hydrogen) atoms. The maximum atomic E-state index is 13.0. The quantitative estimate of drug-likeness (QED) is 0.526. The molecule has 1 amide bonds. The highest BCUT2D eigenvalue weighted by Gasteiger charge is 2.20. The number of aromatic nitrogens is 3. The molecule has 0 aliphatic rings. The molecule has 0 spiro atoms. The first kappa shape index (κ1) is 19.3. The first-order valence-corrected chi connectivity index (χ1v) is 10.1. The second kappa shape index (κ2) is 7.77.